The largest absolute Gasteiger partial charge is 0.497 e. The maximum absolute atomic E-state index is 6.19. The molecule has 3 rings (SSSR count). The summed E-state index contributed by atoms with van der Waals surface area (Å²) in [5.41, 5.74) is 2.11. The predicted molar refractivity (Wildman–Crippen MR) is 92.7 cm³/mol. The van der Waals surface area contributed by atoms with Gasteiger partial charge in [0.05, 0.1) is 18.7 Å². The molecule has 0 unspecified atom stereocenters. The van der Waals surface area contributed by atoms with Crippen LogP contribution < -0.4 is 10.1 Å². The van der Waals surface area contributed by atoms with Crippen molar-refractivity contribution in [2.45, 2.75) is 13.1 Å². The molecule has 0 bridgehead atoms. The molecule has 0 aliphatic rings. The average Bonchev–Trinajstić information content (AvgIpc) is 3.04. The van der Waals surface area contributed by atoms with Crippen LogP contribution in [0.25, 0.3) is 11.3 Å². The molecule has 0 fully saturated rings. The molecule has 0 saturated heterocycles. The van der Waals surface area contributed by atoms with Crippen LogP contribution in [0, 0.1) is 0 Å². The molecule has 1 aromatic heterocycles. The number of methoxy groups -OCH3 is 1. The van der Waals surface area contributed by atoms with E-state index >= 15 is 0 Å². The highest BCUT2D eigenvalue weighted by atomic mass is 35.5. The third-order valence-corrected chi connectivity index (χ3v) is 3.92. The van der Waals surface area contributed by atoms with Crippen LogP contribution in [-0.4, -0.2) is 7.11 Å². The topological polar surface area (TPSA) is 34.4 Å². The highest BCUT2D eigenvalue weighted by Crippen LogP contribution is 2.28. The van der Waals surface area contributed by atoms with Crippen molar-refractivity contribution < 1.29 is 9.15 Å². The molecule has 4 heteroatoms. The Balaban J connectivity index is 1.58. The molecule has 1 N–H and O–H groups in total. The predicted octanol–water partition coefficient (Wildman–Crippen LogP) is 4.90. The Hall–Kier alpha value is -2.23. The van der Waals surface area contributed by atoms with E-state index in [0.717, 1.165) is 29.4 Å². The zero-order chi connectivity index (χ0) is 16.1. The smallest absolute Gasteiger partial charge is 0.135 e. The first-order valence-electron chi connectivity index (χ1n) is 7.43. The van der Waals surface area contributed by atoms with Crippen molar-refractivity contribution in [1.29, 1.82) is 0 Å². The summed E-state index contributed by atoms with van der Waals surface area (Å²) in [6, 6.07) is 19.6. The minimum atomic E-state index is 0.663. The van der Waals surface area contributed by atoms with E-state index in [4.69, 9.17) is 20.8 Å². The van der Waals surface area contributed by atoms with Gasteiger partial charge in [-0.25, -0.2) is 0 Å². The van der Waals surface area contributed by atoms with Crippen LogP contribution in [0.5, 0.6) is 5.75 Å². The molecule has 23 heavy (non-hydrogen) atoms. The van der Waals surface area contributed by atoms with Crippen LogP contribution >= 0.6 is 11.6 Å². The molecular weight excluding hydrogens is 310 g/mol. The number of benzene rings is 2. The SMILES string of the molecule is COc1ccc(CNCc2ccc(-c3ccccc3Cl)o2)cc1. The molecule has 2 aromatic carbocycles. The van der Waals surface area contributed by atoms with Gasteiger partial charge in [0.1, 0.15) is 17.3 Å². The fourth-order valence-corrected chi connectivity index (χ4v) is 2.58. The maximum Gasteiger partial charge on any atom is 0.135 e. The first-order valence-corrected chi connectivity index (χ1v) is 7.81. The Morgan fingerprint density at radius 3 is 2.48 bits per heavy atom. The van der Waals surface area contributed by atoms with Crippen LogP contribution in [0.3, 0.4) is 0 Å². The molecule has 0 radical (unpaired) electrons. The van der Waals surface area contributed by atoms with E-state index in [2.05, 4.69) is 5.32 Å². The molecule has 0 aliphatic carbocycles. The van der Waals surface area contributed by atoms with Gasteiger partial charge in [-0.3, -0.25) is 0 Å². The second kappa shape index (κ2) is 7.36. The summed E-state index contributed by atoms with van der Waals surface area (Å²) in [6.07, 6.45) is 0. The van der Waals surface area contributed by atoms with Crippen LogP contribution in [0.4, 0.5) is 0 Å². The van der Waals surface area contributed by atoms with Crippen molar-refractivity contribution in [2.24, 2.45) is 0 Å². The van der Waals surface area contributed by atoms with E-state index in [-0.39, 0.29) is 0 Å². The Morgan fingerprint density at radius 2 is 1.74 bits per heavy atom. The summed E-state index contributed by atoms with van der Waals surface area (Å²) in [5, 5.41) is 4.06. The summed E-state index contributed by atoms with van der Waals surface area (Å²) in [6.45, 7) is 1.43. The van der Waals surface area contributed by atoms with E-state index in [9.17, 15) is 0 Å². The van der Waals surface area contributed by atoms with E-state index in [1.807, 2.05) is 60.7 Å². The van der Waals surface area contributed by atoms with E-state index in [0.29, 0.717) is 11.6 Å². The molecule has 0 spiro atoms. The minimum Gasteiger partial charge on any atom is -0.497 e. The zero-order valence-corrected chi connectivity index (χ0v) is 13.6. The zero-order valence-electron chi connectivity index (χ0n) is 12.9. The fourth-order valence-electron chi connectivity index (χ4n) is 2.35. The normalized spacial score (nSPS) is 10.7. The Morgan fingerprint density at radius 1 is 0.957 bits per heavy atom. The highest BCUT2D eigenvalue weighted by molar-refractivity contribution is 6.33. The summed E-state index contributed by atoms with van der Waals surface area (Å²) in [7, 11) is 1.67. The van der Waals surface area contributed by atoms with Crippen LogP contribution in [0.2, 0.25) is 5.02 Å². The molecule has 3 nitrogen and oxygen atoms in total. The van der Waals surface area contributed by atoms with Gasteiger partial charge in [0.2, 0.25) is 0 Å². The van der Waals surface area contributed by atoms with Gasteiger partial charge in [-0.2, -0.15) is 0 Å². The number of hydrogen-bond donors (Lipinski definition) is 1. The minimum absolute atomic E-state index is 0.663. The molecule has 0 saturated carbocycles. The van der Waals surface area contributed by atoms with Crippen molar-refractivity contribution in [2.75, 3.05) is 7.11 Å². The average molecular weight is 328 g/mol. The fraction of sp³-hybridized carbons (Fsp3) is 0.158. The van der Waals surface area contributed by atoms with Gasteiger partial charge in [0, 0.05) is 12.1 Å². The quantitative estimate of drug-likeness (QED) is 0.699. The highest BCUT2D eigenvalue weighted by Gasteiger charge is 2.07. The van der Waals surface area contributed by atoms with E-state index in [1.54, 1.807) is 7.11 Å². The molecular formula is C19H18ClNO2. The number of furan rings is 1. The van der Waals surface area contributed by atoms with Gasteiger partial charge < -0.3 is 14.5 Å². The summed E-state index contributed by atoms with van der Waals surface area (Å²) in [5.74, 6) is 2.54. The van der Waals surface area contributed by atoms with Crippen molar-refractivity contribution in [3.8, 4) is 17.1 Å². The van der Waals surface area contributed by atoms with Gasteiger partial charge in [-0.15, -0.1) is 0 Å². The number of nitrogens with one attached hydrogen (secondary N) is 1. The molecule has 1 heterocycles. The van der Waals surface area contributed by atoms with Crippen LogP contribution in [0.15, 0.2) is 65.1 Å². The number of ether oxygens (including phenoxy) is 1. The van der Waals surface area contributed by atoms with Crippen molar-refractivity contribution in [3.63, 3.8) is 0 Å². The Kier molecular flexibility index (Phi) is 5.01. The number of rotatable bonds is 6. The Labute approximate surface area is 140 Å². The third kappa shape index (κ3) is 3.95. The maximum atomic E-state index is 6.19. The van der Waals surface area contributed by atoms with Crippen molar-refractivity contribution >= 4 is 11.6 Å². The van der Waals surface area contributed by atoms with Gasteiger partial charge >= 0.3 is 0 Å². The van der Waals surface area contributed by atoms with Crippen LogP contribution in [-0.2, 0) is 13.1 Å². The molecule has 118 valence electrons. The van der Waals surface area contributed by atoms with Crippen molar-refractivity contribution in [1.82, 2.24) is 5.32 Å². The second-order valence-electron chi connectivity index (χ2n) is 5.20. The van der Waals surface area contributed by atoms with E-state index < -0.39 is 0 Å². The standard InChI is InChI=1S/C19H18ClNO2/c1-22-15-8-6-14(7-9-15)12-21-13-16-10-11-19(23-16)17-4-2-3-5-18(17)20/h2-11,21H,12-13H2,1H3. The summed E-state index contributed by atoms with van der Waals surface area (Å²) >= 11 is 6.19. The monoisotopic (exact) mass is 327 g/mol. The third-order valence-electron chi connectivity index (χ3n) is 3.59. The lowest BCUT2D eigenvalue weighted by Gasteiger charge is -2.05. The van der Waals surface area contributed by atoms with Gasteiger partial charge in [-0.05, 0) is 42.0 Å². The lowest BCUT2D eigenvalue weighted by Crippen LogP contribution is -2.11. The van der Waals surface area contributed by atoms with Gasteiger partial charge in [0.25, 0.3) is 0 Å². The first-order chi connectivity index (χ1) is 11.3. The molecule has 3 aromatic rings. The molecule has 0 amide bonds. The molecule has 0 atom stereocenters. The molecule has 0 aliphatic heterocycles. The second-order valence-corrected chi connectivity index (χ2v) is 5.60. The summed E-state index contributed by atoms with van der Waals surface area (Å²) in [4.78, 5) is 0. The van der Waals surface area contributed by atoms with Gasteiger partial charge in [0.15, 0.2) is 0 Å². The number of hydrogen-bond acceptors (Lipinski definition) is 3. The number of halogens is 1. The van der Waals surface area contributed by atoms with Crippen LogP contribution in [0.1, 0.15) is 11.3 Å². The van der Waals surface area contributed by atoms with E-state index in [1.165, 1.54) is 5.56 Å². The van der Waals surface area contributed by atoms with Gasteiger partial charge in [-0.1, -0.05) is 35.9 Å². The lowest BCUT2D eigenvalue weighted by atomic mass is 10.2. The lowest BCUT2D eigenvalue weighted by molar-refractivity contribution is 0.414. The first kappa shape index (κ1) is 15.7. The van der Waals surface area contributed by atoms with Crippen molar-refractivity contribution in [3.05, 3.63) is 77.0 Å². The Bertz CT molecular complexity index is 765. The summed E-state index contributed by atoms with van der Waals surface area (Å²) < 4.78 is 11.0.